The summed E-state index contributed by atoms with van der Waals surface area (Å²) >= 11 is 0. The Hall–Kier alpha value is -2.62. The summed E-state index contributed by atoms with van der Waals surface area (Å²) in [5.41, 5.74) is 4.37. The van der Waals surface area contributed by atoms with Gasteiger partial charge in [-0.15, -0.1) is 0 Å². The van der Waals surface area contributed by atoms with E-state index in [-0.39, 0.29) is 11.8 Å². The van der Waals surface area contributed by atoms with Gasteiger partial charge in [-0.25, -0.2) is 0 Å². The molecule has 0 aliphatic rings. The number of likely N-dealkylation sites (N-methyl/N-ethyl adjacent to an activating group) is 1. The third-order valence-electron chi connectivity index (χ3n) is 4.75. The zero-order valence-electron chi connectivity index (χ0n) is 16.1. The number of hydrogen-bond acceptors (Lipinski definition) is 2. The van der Waals surface area contributed by atoms with Crippen LogP contribution in [0.2, 0.25) is 0 Å². The molecule has 0 aliphatic heterocycles. The van der Waals surface area contributed by atoms with Gasteiger partial charge in [0, 0.05) is 13.6 Å². The molecule has 1 unspecified atom stereocenters. The van der Waals surface area contributed by atoms with E-state index in [0.29, 0.717) is 19.4 Å². The maximum atomic E-state index is 13.1. The molecule has 0 fully saturated rings. The molecule has 0 radical (unpaired) electrons. The molecule has 4 nitrogen and oxygen atoms in total. The average molecular weight is 352 g/mol. The van der Waals surface area contributed by atoms with Gasteiger partial charge in [0.2, 0.25) is 11.8 Å². The van der Waals surface area contributed by atoms with Gasteiger partial charge < -0.3 is 10.2 Å². The molecule has 2 rings (SSSR count). The van der Waals surface area contributed by atoms with E-state index in [9.17, 15) is 9.59 Å². The van der Waals surface area contributed by atoms with Gasteiger partial charge in [-0.05, 0) is 42.5 Å². The first-order valence-electron chi connectivity index (χ1n) is 9.07. The molecule has 0 aromatic heterocycles. The van der Waals surface area contributed by atoms with E-state index in [2.05, 4.69) is 18.3 Å². The van der Waals surface area contributed by atoms with Crippen molar-refractivity contribution in [3.8, 4) is 0 Å². The fraction of sp³-hybridized carbons (Fsp3) is 0.364. The van der Waals surface area contributed by atoms with Gasteiger partial charge >= 0.3 is 0 Å². The summed E-state index contributed by atoms with van der Waals surface area (Å²) < 4.78 is 0. The maximum Gasteiger partial charge on any atom is 0.242 e. The smallest absolute Gasteiger partial charge is 0.242 e. The highest BCUT2D eigenvalue weighted by Gasteiger charge is 2.27. The van der Waals surface area contributed by atoms with Gasteiger partial charge in [0.05, 0.1) is 6.42 Å². The van der Waals surface area contributed by atoms with Crippen LogP contribution in [-0.2, 0) is 22.6 Å². The van der Waals surface area contributed by atoms with E-state index in [1.807, 2.05) is 56.3 Å². The van der Waals surface area contributed by atoms with Crippen LogP contribution in [0, 0.1) is 13.8 Å². The van der Waals surface area contributed by atoms with Crippen LogP contribution in [0.3, 0.4) is 0 Å². The molecule has 0 spiro atoms. The number of nitrogens with zero attached hydrogens (tertiary/aromatic N) is 1. The zero-order chi connectivity index (χ0) is 19.1. The Morgan fingerprint density at radius 3 is 2.27 bits per heavy atom. The Morgan fingerprint density at radius 2 is 1.69 bits per heavy atom. The van der Waals surface area contributed by atoms with Crippen LogP contribution in [0.4, 0.5) is 0 Å². The summed E-state index contributed by atoms with van der Waals surface area (Å²) in [5, 5.41) is 2.68. The average Bonchev–Trinajstić information content (AvgIpc) is 2.65. The minimum Gasteiger partial charge on any atom is -0.357 e. The van der Waals surface area contributed by atoms with E-state index >= 15 is 0 Å². The number of hydrogen-bond donors (Lipinski definition) is 1. The van der Waals surface area contributed by atoms with Gasteiger partial charge in [0.25, 0.3) is 0 Å². The number of benzene rings is 2. The molecule has 0 saturated heterocycles. The van der Waals surface area contributed by atoms with Crippen LogP contribution in [-0.4, -0.2) is 29.8 Å². The van der Waals surface area contributed by atoms with Crippen molar-refractivity contribution in [2.75, 3.05) is 7.05 Å². The second kappa shape index (κ2) is 9.18. The molecular weight excluding hydrogens is 324 g/mol. The van der Waals surface area contributed by atoms with Crippen molar-refractivity contribution in [1.29, 1.82) is 0 Å². The molecule has 0 saturated carbocycles. The Balaban J connectivity index is 2.27. The molecule has 138 valence electrons. The maximum absolute atomic E-state index is 13.1. The minimum absolute atomic E-state index is 0.0347. The van der Waals surface area contributed by atoms with Crippen molar-refractivity contribution in [3.63, 3.8) is 0 Å². The lowest BCUT2D eigenvalue weighted by Gasteiger charge is -2.30. The standard InChI is InChI=1S/C22H28N2O2/c1-5-20(22(26)23-4)24(15-18-9-7-6-8-10-18)21(25)14-19-12-11-16(2)17(3)13-19/h6-13,20H,5,14-15H2,1-4H3,(H,23,26). The fourth-order valence-corrected chi connectivity index (χ4v) is 3.06. The zero-order valence-corrected chi connectivity index (χ0v) is 16.1. The van der Waals surface area contributed by atoms with Crippen molar-refractivity contribution in [1.82, 2.24) is 10.2 Å². The minimum atomic E-state index is -0.473. The molecule has 2 amide bonds. The van der Waals surface area contributed by atoms with Crippen LogP contribution in [0.1, 0.15) is 35.6 Å². The second-order valence-electron chi connectivity index (χ2n) is 6.64. The van der Waals surface area contributed by atoms with Crippen molar-refractivity contribution < 1.29 is 9.59 Å². The van der Waals surface area contributed by atoms with Gasteiger partial charge in [0.1, 0.15) is 6.04 Å². The number of carbonyl (C=O) groups is 2. The molecule has 26 heavy (non-hydrogen) atoms. The molecule has 1 atom stereocenters. The Morgan fingerprint density at radius 1 is 1.00 bits per heavy atom. The molecular formula is C22H28N2O2. The Kier molecular flexibility index (Phi) is 6.96. The van der Waals surface area contributed by atoms with Crippen molar-refractivity contribution in [2.24, 2.45) is 0 Å². The fourth-order valence-electron chi connectivity index (χ4n) is 3.06. The first-order chi connectivity index (χ1) is 12.5. The first-order valence-corrected chi connectivity index (χ1v) is 9.07. The topological polar surface area (TPSA) is 49.4 Å². The lowest BCUT2D eigenvalue weighted by Crippen LogP contribution is -2.48. The highest BCUT2D eigenvalue weighted by Crippen LogP contribution is 2.16. The number of nitrogens with one attached hydrogen (secondary N) is 1. The normalized spacial score (nSPS) is 11.7. The van der Waals surface area contributed by atoms with Crippen molar-refractivity contribution in [2.45, 2.75) is 46.2 Å². The lowest BCUT2D eigenvalue weighted by atomic mass is 10.0. The van der Waals surface area contributed by atoms with E-state index in [0.717, 1.165) is 11.1 Å². The van der Waals surface area contributed by atoms with E-state index in [4.69, 9.17) is 0 Å². The predicted octanol–water partition coefficient (Wildman–Crippen LogP) is 3.40. The van der Waals surface area contributed by atoms with Gasteiger partial charge in [-0.1, -0.05) is 55.5 Å². The summed E-state index contributed by atoms with van der Waals surface area (Å²) in [7, 11) is 1.61. The van der Waals surface area contributed by atoms with Crippen LogP contribution < -0.4 is 5.32 Å². The van der Waals surface area contributed by atoms with Crippen LogP contribution >= 0.6 is 0 Å². The summed E-state index contributed by atoms with van der Waals surface area (Å²) in [6, 6.07) is 15.4. The molecule has 2 aromatic rings. The van der Waals surface area contributed by atoms with E-state index in [1.54, 1.807) is 11.9 Å². The third kappa shape index (κ3) is 4.94. The molecule has 2 aromatic carbocycles. The summed E-state index contributed by atoms with van der Waals surface area (Å²) in [5.74, 6) is -0.163. The molecule has 4 heteroatoms. The number of amides is 2. The Bertz CT molecular complexity index is 756. The highest BCUT2D eigenvalue weighted by atomic mass is 16.2. The molecule has 0 bridgehead atoms. The Labute approximate surface area is 156 Å². The lowest BCUT2D eigenvalue weighted by molar-refractivity contribution is -0.140. The van der Waals surface area contributed by atoms with E-state index in [1.165, 1.54) is 11.1 Å². The molecule has 0 heterocycles. The number of aryl methyl sites for hydroxylation is 2. The summed E-state index contributed by atoms with van der Waals surface area (Å²) in [4.78, 5) is 27.1. The summed E-state index contributed by atoms with van der Waals surface area (Å²) in [6.07, 6.45) is 0.868. The molecule has 1 N–H and O–H groups in total. The van der Waals surface area contributed by atoms with Gasteiger partial charge in [-0.2, -0.15) is 0 Å². The highest BCUT2D eigenvalue weighted by molar-refractivity contribution is 5.88. The van der Waals surface area contributed by atoms with Gasteiger partial charge in [0.15, 0.2) is 0 Å². The first kappa shape index (κ1) is 19.7. The van der Waals surface area contributed by atoms with Crippen molar-refractivity contribution in [3.05, 3.63) is 70.8 Å². The predicted molar refractivity (Wildman–Crippen MR) is 105 cm³/mol. The van der Waals surface area contributed by atoms with Crippen LogP contribution in [0.25, 0.3) is 0 Å². The molecule has 0 aliphatic carbocycles. The summed E-state index contributed by atoms with van der Waals surface area (Å²) in [6.45, 7) is 6.46. The third-order valence-corrected chi connectivity index (χ3v) is 4.75. The van der Waals surface area contributed by atoms with Crippen LogP contribution in [0.5, 0.6) is 0 Å². The second-order valence-corrected chi connectivity index (χ2v) is 6.64. The van der Waals surface area contributed by atoms with E-state index < -0.39 is 6.04 Å². The van der Waals surface area contributed by atoms with Crippen LogP contribution in [0.15, 0.2) is 48.5 Å². The largest absolute Gasteiger partial charge is 0.357 e. The monoisotopic (exact) mass is 352 g/mol. The number of carbonyl (C=O) groups excluding carboxylic acids is 2. The van der Waals surface area contributed by atoms with Crippen molar-refractivity contribution >= 4 is 11.8 Å². The van der Waals surface area contributed by atoms with Gasteiger partial charge in [-0.3, -0.25) is 9.59 Å². The number of rotatable bonds is 7. The quantitative estimate of drug-likeness (QED) is 0.830. The SMILES string of the molecule is CCC(C(=O)NC)N(Cc1ccccc1)C(=O)Cc1ccc(C)c(C)c1.